The van der Waals surface area contributed by atoms with Crippen LogP contribution in [0.4, 0.5) is 0 Å². The summed E-state index contributed by atoms with van der Waals surface area (Å²) >= 11 is 0. The first-order chi connectivity index (χ1) is 15.0. The quantitative estimate of drug-likeness (QED) is 0.245. The minimum Gasteiger partial charge on any atom is -0.507 e. The van der Waals surface area contributed by atoms with Crippen LogP contribution in [0.15, 0.2) is 24.3 Å². The lowest BCUT2D eigenvalue weighted by Gasteiger charge is -2.40. The second-order valence-corrected chi connectivity index (χ2v) is 7.62. The van der Waals surface area contributed by atoms with Crippen molar-refractivity contribution in [2.45, 2.75) is 43.4 Å². The van der Waals surface area contributed by atoms with Gasteiger partial charge in [0, 0.05) is 24.5 Å². The van der Waals surface area contributed by atoms with Gasteiger partial charge in [0.1, 0.15) is 53.6 Å². The topological polar surface area (TPSA) is 208 Å². The molecule has 174 valence electrons. The molecule has 2 aromatic carbocycles. The molecule has 0 unspecified atom stereocenters. The first-order valence-corrected chi connectivity index (χ1v) is 9.64. The number of carbonyl (C=O) groups excluding carboxylic acids is 1. The molecule has 1 aliphatic heterocycles. The second-order valence-electron chi connectivity index (χ2n) is 7.62. The molecule has 11 heteroatoms. The zero-order valence-electron chi connectivity index (χ0n) is 16.7. The van der Waals surface area contributed by atoms with Gasteiger partial charge in [-0.15, -0.1) is 0 Å². The van der Waals surface area contributed by atoms with E-state index in [9.17, 15) is 50.8 Å². The molecule has 32 heavy (non-hydrogen) atoms. The zero-order chi connectivity index (χ0) is 23.7. The van der Waals surface area contributed by atoms with Crippen molar-refractivity contribution in [1.29, 1.82) is 0 Å². The highest BCUT2D eigenvalue weighted by Crippen LogP contribution is 2.46. The molecule has 1 fully saturated rings. The number of aliphatic hydroxyl groups is 4. The van der Waals surface area contributed by atoms with E-state index in [-0.39, 0.29) is 17.7 Å². The van der Waals surface area contributed by atoms with E-state index in [1.165, 1.54) is 18.2 Å². The Hall–Kier alpha value is -3.09. The van der Waals surface area contributed by atoms with E-state index >= 15 is 0 Å². The van der Waals surface area contributed by atoms with Crippen LogP contribution in [0.2, 0.25) is 0 Å². The number of ketones is 1. The minimum atomic E-state index is -1.81. The van der Waals surface area contributed by atoms with Gasteiger partial charge in [-0.25, -0.2) is 0 Å². The minimum absolute atomic E-state index is 0.219. The first-order valence-electron chi connectivity index (χ1n) is 9.64. The summed E-state index contributed by atoms with van der Waals surface area (Å²) in [7, 11) is 0. The van der Waals surface area contributed by atoms with Gasteiger partial charge in [0.2, 0.25) is 0 Å². The standard InChI is InChI=1S/C21H24O11/c22-7-15-18(29)19(30)20(31)21(32-15)16-14(27)6-12(25)10(17(16)28)5-9(23)3-8-1-2-11(24)13(26)4-8/h1-2,4,6,15,18-22,24-31H,3,5,7H2/t15-,18-,19+,20-,21+/m1/s1. The van der Waals surface area contributed by atoms with Crippen LogP contribution < -0.4 is 0 Å². The van der Waals surface area contributed by atoms with Crippen LogP contribution in [-0.4, -0.2) is 82.8 Å². The van der Waals surface area contributed by atoms with Crippen LogP contribution in [0.5, 0.6) is 28.7 Å². The lowest BCUT2D eigenvalue weighted by molar-refractivity contribution is -0.232. The Kier molecular flexibility index (Phi) is 6.77. The third-order valence-electron chi connectivity index (χ3n) is 5.39. The lowest BCUT2D eigenvalue weighted by atomic mass is 9.88. The molecule has 9 N–H and O–H groups in total. The van der Waals surface area contributed by atoms with Crippen molar-refractivity contribution in [2.24, 2.45) is 0 Å². The maximum Gasteiger partial charge on any atom is 0.157 e. The Morgan fingerprint density at radius 1 is 0.812 bits per heavy atom. The molecule has 2 aromatic rings. The fraction of sp³-hybridized carbons (Fsp3) is 0.381. The van der Waals surface area contributed by atoms with Crippen LogP contribution in [0.3, 0.4) is 0 Å². The van der Waals surface area contributed by atoms with Crippen LogP contribution in [0, 0.1) is 0 Å². The summed E-state index contributed by atoms with van der Waals surface area (Å²) in [5.74, 6) is -3.38. The number of phenolic OH excluding ortho intramolecular Hbond substituents is 5. The maximum atomic E-state index is 12.5. The smallest absolute Gasteiger partial charge is 0.157 e. The number of hydrogen-bond acceptors (Lipinski definition) is 11. The number of benzene rings is 2. The van der Waals surface area contributed by atoms with Gasteiger partial charge in [0.25, 0.3) is 0 Å². The third kappa shape index (κ3) is 4.42. The van der Waals surface area contributed by atoms with Gasteiger partial charge in [-0.3, -0.25) is 4.79 Å². The Labute approximate surface area is 181 Å². The maximum absolute atomic E-state index is 12.5. The molecule has 1 aliphatic rings. The molecule has 0 bridgehead atoms. The summed E-state index contributed by atoms with van der Waals surface area (Å²) in [6, 6.07) is 4.61. The zero-order valence-corrected chi connectivity index (χ0v) is 16.7. The van der Waals surface area contributed by atoms with Gasteiger partial charge in [-0.2, -0.15) is 0 Å². The van der Waals surface area contributed by atoms with Crippen LogP contribution in [0.25, 0.3) is 0 Å². The fourth-order valence-corrected chi connectivity index (χ4v) is 3.66. The highest BCUT2D eigenvalue weighted by atomic mass is 16.5. The van der Waals surface area contributed by atoms with E-state index in [4.69, 9.17) is 4.74 Å². The molecule has 1 heterocycles. The van der Waals surface area contributed by atoms with Gasteiger partial charge in [-0.05, 0) is 17.7 Å². The fourth-order valence-electron chi connectivity index (χ4n) is 3.66. The summed E-state index contributed by atoms with van der Waals surface area (Å²) in [6.45, 7) is -0.730. The molecule has 0 aromatic heterocycles. The first kappa shape index (κ1) is 23.6. The predicted octanol–water partition coefficient (Wildman–Crippen LogP) is -0.916. The van der Waals surface area contributed by atoms with Crippen molar-refractivity contribution in [1.82, 2.24) is 0 Å². The lowest BCUT2D eigenvalue weighted by Crippen LogP contribution is -2.55. The third-order valence-corrected chi connectivity index (χ3v) is 5.39. The average molecular weight is 452 g/mol. The molecule has 0 radical (unpaired) electrons. The van der Waals surface area contributed by atoms with Crippen LogP contribution in [-0.2, 0) is 22.4 Å². The number of Topliss-reactive ketones (excluding diaryl/α,β-unsaturated/α-hetero) is 1. The molecular weight excluding hydrogens is 428 g/mol. The predicted molar refractivity (Wildman–Crippen MR) is 106 cm³/mol. The number of phenols is 5. The number of ether oxygens (including phenoxy) is 1. The molecule has 5 atom stereocenters. The molecule has 0 saturated carbocycles. The number of aliphatic hydroxyl groups excluding tert-OH is 4. The van der Waals surface area contributed by atoms with Crippen LogP contribution in [0.1, 0.15) is 22.8 Å². The second kappa shape index (κ2) is 9.18. The summed E-state index contributed by atoms with van der Waals surface area (Å²) < 4.78 is 5.35. The van der Waals surface area contributed by atoms with Crippen LogP contribution >= 0.6 is 0 Å². The molecule has 3 rings (SSSR count). The van der Waals surface area contributed by atoms with E-state index in [1.54, 1.807) is 0 Å². The summed E-state index contributed by atoms with van der Waals surface area (Å²) in [6.07, 6.45) is -8.86. The van der Waals surface area contributed by atoms with Crippen molar-refractivity contribution in [3.05, 3.63) is 41.0 Å². The highest BCUT2D eigenvalue weighted by molar-refractivity contribution is 5.85. The molecule has 0 spiro atoms. The van der Waals surface area contributed by atoms with Crippen molar-refractivity contribution in [2.75, 3.05) is 6.61 Å². The molecule has 11 nitrogen and oxygen atoms in total. The SMILES string of the molecule is O=C(Cc1ccc(O)c(O)c1)Cc1c(O)cc(O)c([C@@H]2O[C@H](CO)[C@@H](O)[C@H](O)[C@H]2O)c1O. The highest BCUT2D eigenvalue weighted by Gasteiger charge is 2.46. The average Bonchev–Trinajstić information content (AvgIpc) is 2.73. The van der Waals surface area contributed by atoms with Gasteiger partial charge in [-0.1, -0.05) is 6.07 Å². The Balaban J connectivity index is 1.91. The van der Waals surface area contributed by atoms with E-state index in [2.05, 4.69) is 0 Å². The number of hydrogen-bond donors (Lipinski definition) is 9. The summed E-state index contributed by atoms with van der Waals surface area (Å²) in [4.78, 5) is 12.5. The van der Waals surface area contributed by atoms with E-state index in [1.807, 2.05) is 0 Å². The van der Waals surface area contributed by atoms with Crippen molar-refractivity contribution < 1.29 is 55.5 Å². The summed E-state index contributed by atoms with van der Waals surface area (Å²) in [5.41, 5.74) is -0.371. The Bertz CT molecular complexity index is 1000. The largest absolute Gasteiger partial charge is 0.507 e. The van der Waals surface area contributed by atoms with Crippen molar-refractivity contribution in [3.63, 3.8) is 0 Å². The number of carbonyl (C=O) groups is 1. The van der Waals surface area contributed by atoms with Gasteiger partial charge >= 0.3 is 0 Å². The van der Waals surface area contributed by atoms with Gasteiger partial charge < -0.3 is 50.7 Å². The Morgan fingerprint density at radius 2 is 1.50 bits per heavy atom. The molecule has 1 saturated heterocycles. The van der Waals surface area contributed by atoms with E-state index in [0.717, 1.165) is 6.07 Å². The Morgan fingerprint density at radius 3 is 2.12 bits per heavy atom. The van der Waals surface area contributed by atoms with Crippen molar-refractivity contribution in [3.8, 4) is 28.7 Å². The van der Waals surface area contributed by atoms with Gasteiger partial charge in [0.15, 0.2) is 11.5 Å². The molecule has 0 aliphatic carbocycles. The van der Waals surface area contributed by atoms with Gasteiger partial charge in [0.05, 0.1) is 12.2 Å². The number of aromatic hydroxyl groups is 5. The van der Waals surface area contributed by atoms with Crippen molar-refractivity contribution >= 4 is 5.78 Å². The normalized spacial score (nSPS) is 25.6. The monoisotopic (exact) mass is 452 g/mol. The number of rotatable bonds is 6. The molecule has 0 amide bonds. The molecular formula is C21H24O11. The van der Waals surface area contributed by atoms with E-state index < -0.39 is 77.9 Å². The summed E-state index contributed by atoms with van der Waals surface area (Å²) in [5, 5.41) is 89.6. The van der Waals surface area contributed by atoms with E-state index in [0.29, 0.717) is 5.56 Å².